The first-order valence-corrected chi connectivity index (χ1v) is 6.43. The van der Waals surface area contributed by atoms with Crippen LogP contribution in [0.1, 0.15) is 23.0 Å². The summed E-state index contributed by atoms with van der Waals surface area (Å²) >= 11 is 0. The Morgan fingerprint density at radius 2 is 2.20 bits per heavy atom. The molecule has 0 spiro atoms. The lowest BCUT2D eigenvalue weighted by atomic mass is 10.1. The van der Waals surface area contributed by atoms with E-state index in [9.17, 15) is 9.18 Å². The van der Waals surface area contributed by atoms with Crippen molar-refractivity contribution in [2.24, 2.45) is 0 Å². The highest BCUT2D eigenvalue weighted by atomic mass is 19.1. The quantitative estimate of drug-likeness (QED) is 0.869. The molecular formula is C14H17FN4O. The summed E-state index contributed by atoms with van der Waals surface area (Å²) in [7, 11) is 1.55. The number of hydrogen-bond acceptors (Lipinski definition) is 3. The highest BCUT2D eigenvalue weighted by Crippen LogP contribution is 2.16. The van der Waals surface area contributed by atoms with Crippen LogP contribution in [0.3, 0.4) is 0 Å². The second kappa shape index (κ2) is 6.29. The molecule has 0 saturated carbocycles. The Bertz CT molecular complexity index is 609. The van der Waals surface area contributed by atoms with E-state index < -0.39 is 0 Å². The molecule has 0 atom stereocenters. The van der Waals surface area contributed by atoms with E-state index in [1.54, 1.807) is 30.1 Å². The van der Waals surface area contributed by atoms with Crippen molar-refractivity contribution in [3.63, 3.8) is 0 Å². The first-order chi connectivity index (χ1) is 9.65. The van der Waals surface area contributed by atoms with Gasteiger partial charge in [0.05, 0.1) is 5.69 Å². The molecule has 2 aromatic rings. The number of carbonyl (C=O) groups is 1. The minimum absolute atomic E-state index is 0.251. The Kier molecular flexibility index (Phi) is 4.47. The Morgan fingerprint density at radius 1 is 1.40 bits per heavy atom. The molecule has 0 unspecified atom stereocenters. The summed E-state index contributed by atoms with van der Waals surface area (Å²) in [5, 5.41) is 9.88. The summed E-state index contributed by atoms with van der Waals surface area (Å²) < 4.78 is 14.9. The zero-order valence-corrected chi connectivity index (χ0v) is 11.5. The molecule has 106 valence electrons. The van der Waals surface area contributed by atoms with Crippen LogP contribution in [0, 0.1) is 5.82 Å². The first kappa shape index (κ1) is 14.2. The van der Waals surface area contributed by atoms with Gasteiger partial charge < -0.3 is 10.6 Å². The van der Waals surface area contributed by atoms with Crippen molar-refractivity contribution in [1.82, 2.24) is 20.4 Å². The van der Waals surface area contributed by atoms with Gasteiger partial charge in [-0.25, -0.2) is 9.07 Å². The van der Waals surface area contributed by atoms with Crippen molar-refractivity contribution in [2.75, 3.05) is 13.6 Å². The first-order valence-electron chi connectivity index (χ1n) is 6.43. The normalized spacial score (nSPS) is 10.6. The highest BCUT2D eigenvalue weighted by Gasteiger charge is 2.11. The van der Waals surface area contributed by atoms with Crippen LogP contribution in [0.5, 0.6) is 0 Å². The number of carbonyl (C=O) groups excluding carboxylic acids is 1. The van der Waals surface area contributed by atoms with Gasteiger partial charge in [-0.15, -0.1) is 0 Å². The van der Waals surface area contributed by atoms with E-state index in [-0.39, 0.29) is 11.7 Å². The summed E-state index contributed by atoms with van der Waals surface area (Å²) in [6, 6.07) is 6.13. The maximum Gasteiger partial charge on any atom is 0.271 e. The number of nitrogens with one attached hydrogen (secondary N) is 2. The van der Waals surface area contributed by atoms with Crippen LogP contribution >= 0.6 is 0 Å². The van der Waals surface area contributed by atoms with Gasteiger partial charge in [0, 0.05) is 19.8 Å². The van der Waals surface area contributed by atoms with E-state index in [0.29, 0.717) is 12.2 Å². The molecule has 0 aliphatic rings. The molecule has 0 radical (unpaired) electrons. The predicted octanol–water partition coefficient (Wildman–Crippen LogP) is 1.48. The lowest BCUT2D eigenvalue weighted by Crippen LogP contribution is -2.19. The predicted molar refractivity (Wildman–Crippen MR) is 74.3 cm³/mol. The fourth-order valence-electron chi connectivity index (χ4n) is 1.89. The van der Waals surface area contributed by atoms with Gasteiger partial charge >= 0.3 is 0 Å². The van der Waals surface area contributed by atoms with Gasteiger partial charge in [0.1, 0.15) is 5.82 Å². The molecule has 0 aliphatic heterocycles. The Labute approximate surface area is 116 Å². The van der Waals surface area contributed by atoms with Crippen LogP contribution in [-0.4, -0.2) is 29.3 Å². The van der Waals surface area contributed by atoms with Gasteiger partial charge in [-0.3, -0.25) is 4.79 Å². The third-order valence-electron chi connectivity index (χ3n) is 2.90. The van der Waals surface area contributed by atoms with Crippen LogP contribution < -0.4 is 10.6 Å². The molecule has 20 heavy (non-hydrogen) atoms. The minimum atomic E-state index is -0.291. The van der Waals surface area contributed by atoms with E-state index in [1.807, 2.05) is 6.92 Å². The molecule has 0 fully saturated rings. The maximum absolute atomic E-state index is 13.4. The monoisotopic (exact) mass is 276 g/mol. The molecule has 1 heterocycles. The molecule has 6 heteroatoms. The van der Waals surface area contributed by atoms with Gasteiger partial charge in [-0.05, 0) is 36.4 Å². The van der Waals surface area contributed by atoms with Crippen LogP contribution in [0.4, 0.5) is 4.39 Å². The highest BCUT2D eigenvalue weighted by molar-refractivity contribution is 5.91. The zero-order valence-electron chi connectivity index (χ0n) is 11.5. The molecule has 0 bridgehead atoms. The second-order valence-corrected chi connectivity index (χ2v) is 4.28. The van der Waals surface area contributed by atoms with Gasteiger partial charge in [0.25, 0.3) is 5.91 Å². The van der Waals surface area contributed by atoms with E-state index in [2.05, 4.69) is 15.7 Å². The number of rotatable bonds is 5. The van der Waals surface area contributed by atoms with E-state index in [1.165, 1.54) is 12.1 Å². The largest absolute Gasteiger partial charge is 0.354 e. The summed E-state index contributed by atoms with van der Waals surface area (Å²) in [5.41, 5.74) is 1.87. The van der Waals surface area contributed by atoms with Crippen LogP contribution in [0.25, 0.3) is 5.69 Å². The number of hydrogen-bond donors (Lipinski definition) is 2. The molecule has 1 amide bonds. The van der Waals surface area contributed by atoms with Crippen molar-refractivity contribution in [1.29, 1.82) is 0 Å². The summed E-state index contributed by atoms with van der Waals surface area (Å²) in [6.07, 6.45) is 1.69. The number of nitrogens with zero attached hydrogens (tertiary/aromatic N) is 2. The molecule has 2 rings (SSSR count). The average molecular weight is 276 g/mol. The smallest absolute Gasteiger partial charge is 0.271 e. The lowest BCUT2D eigenvalue weighted by Gasteiger charge is -2.10. The maximum atomic E-state index is 13.4. The third kappa shape index (κ3) is 3.03. The molecule has 1 aromatic carbocycles. The van der Waals surface area contributed by atoms with Gasteiger partial charge in [0.15, 0.2) is 5.69 Å². The summed E-state index contributed by atoms with van der Waals surface area (Å²) in [4.78, 5) is 11.5. The van der Waals surface area contributed by atoms with Gasteiger partial charge in [-0.1, -0.05) is 6.92 Å². The zero-order chi connectivity index (χ0) is 14.5. The Balaban J connectivity index is 2.36. The van der Waals surface area contributed by atoms with Crippen molar-refractivity contribution in [3.05, 3.63) is 47.5 Å². The third-order valence-corrected chi connectivity index (χ3v) is 2.90. The van der Waals surface area contributed by atoms with Crippen LogP contribution in [-0.2, 0) is 6.54 Å². The van der Waals surface area contributed by atoms with Crippen molar-refractivity contribution >= 4 is 5.91 Å². The average Bonchev–Trinajstić information content (AvgIpc) is 2.94. The van der Waals surface area contributed by atoms with Crippen molar-refractivity contribution < 1.29 is 9.18 Å². The molecule has 5 nitrogen and oxygen atoms in total. The van der Waals surface area contributed by atoms with E-state index in [0.717, 1.165) is 17.8 Å². The SMILES string of the molecule is CCNCc1cc(F)ccc1-n1ccc(C(=O)NC)n1. The van der Waals surface area contributed by atoms with E-state index >= 15 is 0 Å². The molecule has 1 aromatic heterocycles. The summed E-state index contributed by atoms with van der Waals surface area (Å²) in [6.45, 7) is 3.31. The number of benzene rings is 1. The minimum Gasteiger partial charge on any atom is -0.354 e. The van der Waals surface area contributed by atoms with Crippen molar-refractivity contribution in [3.8, 4) is 5.69 Å². The topological polar surface area (TPSA) is 59.0 Å². The Morgan fingerprint density at radius 3 is 2.90 bits per heavy atom. The number of aromatic nitrogens is 2. The molecular weight excluding hydrogens is 259 g/mol. The molecule has 2 N–H and O–H groups in total. The second-order valence-electron chi connectivity index (χ2n) is 4.28. The number of halogens is 1. The fraction of sp³-hybridized carbons (Fsp3) is 0.286. The standard InChI is InChI=1S/C14H17FN4O/c1-3-17-9-10-8-11(15)4-5-13(10)19-7-6-12(18-19)14(20)16-2/h4-8,17H,3,9H2,1-2H3,(H,16,20). The van der Waals surface area contributed by atoms with Crippen LogP contribution in [0.15, 0.2) is 30.5 Å². The number of amides is 1. The van der Waals surface area contributed by atoms with Gasteiger partial charge in [-0.2, -0.15) is 5.10 Å². The summed E-state index contributed by atoms with van der Waals surface area (Å²) in [5.74, 6) is -0.542. The van der Waals surface area contributed by atoms with Crippen molar-refractivity contribution in [2.45, 2.75) is 13.5 Å². The van der Waals surface area contributed by atoms with Gasteiger partial charge in [0.2, 0.25) is 0 Å². The fourth-order valence-corrected chi connectivity index (χ4v) is 1.89. The van der Waals surface area contributed by atoms with Crippen LogP contribution in [0.2, 0.25) is 0 Å². The van der Waals surface area contributed by atoms with E-state index in [4.69, 9.17) is 0 Å². The lowest BCUT2D eigenvalue weighted by molar-refractivity contribution is 0.0957. The Hall–Kier alpha value is -2.21. The molecule has 0 aliphatic carbocycles. The molecule has 0 saturated heterocycles.